The highest BCUT2D eigenvalue weighted by atomic mass is 16.6. The fraction of sp³-hybridized carbons (Fsp3) is 0.657. The molecule has 1 N–H and O–H groups in total. The Hall–Kier alpha value is -2.48. The topological polar surface area (TPSA) is 72.9 Å². The van der Waals surface area contributed by atoms with Crippen LogP contribution in [0, 0.1) is 0 Å². The molecule has 1 fully saturated rings. The summed E-state index contributed by atoms with van der Waals surface area (Å²) in [5, 5.41) is 3.43. The Morgan fingerprint density at radius 2 is 1.90 bits per heavy atom. The molecule has 3 aliphatic heterocycles. The maximum Gasteiger partial charge on any atom is 0.328 e. The van der Waals surface area contributed by atoms with E-state index in [-0.39, 0.29) is 17.5 Å². The molecule has 1 unspecified atom stereocenters. The molecule has 0 amide bonds. The van der Waals surface area contributed by atoms with Crippen LogP contribution in [0.15, 0.2) is 30.3 Å². The molecule has 0 radical (unpaired) electrons. The number of nitrogens with one attached hydrogen (secondary N) is 1. The van der Waals surface area contributed by atoms with Gasteiger partial charge in [-0.05, 0) is 95.0 Å². The summed E-state index contributed by atoms with van der Waals surface area (Å²) in [6.07, 6.45) is 6.70. The van der Waals surface area contributed by atoms with Gasteiger partial charge in [-0.25, -0.2) is 9.78 Å². The van der Waals surface area contributed by atoms with Crippen LogP contribution in [-0.4, -0.2) is 60.4 Å². The predicted octanol–water partition coefficient (Wildman–Crippen LogP) is 6.48. The second kappa shape index (κ2) is 12.3. The van der Waals surface area contributed by atoms with Gasteiger partial charge >= 0.3 is 5.97 Å². The lowest BCUT2D eigenvalue weighted by Crippen LogP contribution is -2.56. The smallest absolute Gasteiger partial charge is 0.328 e. The third-order valence-electron chi connectivity index (χ3n) is 8.77. The lowest BCUT2D eigenvalue weighted by atomic mass is 9.72. The van der Waals surface area contributed by atoms with E-state index in [0.717, 1.165) is 62.2 Å². The average Bonchev–Trinajstić information content (AvgIpc) is 2.90. The summed E-state index contributed by atoms with van der Waals surface area (Å²) in [6.45, 7) is 18.3. The standard InChI is InChI=1S/C35H51N3O4/c1-33(2,3)42-32(39)30(27-15-11-16-28-29(27)35(6,7)41-23-34(28,4)5)38-21-26(22-38)40-20-10-8-9-14-25-18-17-24-13-12-19-36-31(24)37-25/h11,15-18,26,30H,8-10,12-14,19-23H2,1-7H3,(H,36,37). The van der Waals surface area contributed by atoms with E-state index in [1.807, 2.05) is 20.8 Å². The summed E-state index contributed by atoms with van der Waals surface area (Å²) < 4.78 is 18.6. The minimum absolute atomic E-state index is 0.128. The fourth-order valence-electron chi connectivity index (χ4n) is 6.50. The number of nitrogens with zero attached hydrogens (tertiary/aromatic N) is 2. The van der Waals surface area contributed by atoms with E-state index in [4.69, 9.17) is 19.2 Å². The highest BCUT2D eigenvalue weighted by Crippen LogP contribution is 2.46. The van der Waals surface area contributed by atoms with Crippen molar-refractivity contribution in [1.82, 2.24) is 9.88 Å². The molecular formula is C35H51N3O4. The van der Waals surface area contributed by atoms with Crippen LogP contribution in [0.4, 0.5) is 5.82 Å². The van der Waals surface area contributed by atoms with Gasteiger partial charge in [0.1, 0.15) is 17.5 Å². The lowest BCUT2D eigenvalue weighted by Gasteiger charge is -2.47. The largest absolute Gasteiger partial charge is 0.459 e. The predicted molar refractivity (Wildman–Crippen MR) is 167 cm³/mol. The average molecular weight is 578 g/mol. The van der Waals surface area contributed by atoms with Crippen LogP contribution in [-0.2, 0) is 42.9 Å². The zero-order valence-electron chi connectivity index (χ0n) is 26.8. The van der Waals surface area contributed by atoms with Crippen LogP contribution in [0.2, 0.25) is 0 Å². The number of unbranched alkanes of at least 4 members (excludes halogenated alkanes) is 2. The van der Waals surface area contributed by atoms with Crippen LogP contribution in [0.3, 0.4) is 0 Å². The van der Waals surface area contributed by atoms with Crippen molar-refractivity contribution in [2.75, 3.05) is 38.2 Å². The van der Waals surface area contributed by atoms with E-state index < -0.39 is 17.2 Å². The highest BCUT2D eigenvalue weighted by Gasteiger charge is 2.46. The molecule has 3 aliphatic rings. The first-order chi connectivity index (χ1) is 19.8. The molecule has 1 saturated heterocycles. The number of likely N-dealkylation sites (tertiary alicyclic amines) is 1. The minimum atomic E-state index is -0.568. The Morgan fingerprint density at radius 1 is 1.12 bits per heavy atom. The van der Waals surface area contributed by atoms with E-state index in [9.17, 15) is 4.79 Å². The number of fused-ring (bicyclic) bond motifs is 2. The quantitative estimate of drug-likeness (QED) is 0.256. The first kappa shape index (κ1) is 31.0. The lowest BCUT2D eigenvalue weighted by molar-refractivity contribution is -0.168. The summed E-state index contributed by atoms with van der Waals surface area (Å²) >= 11 is 0. The summed E-state index contributed by atoms with van der Waals surface area (Å²) in [4.78, 5) is 20.8. The minimum Gasteiger partial charge on any atom is -0.459 e. The SMILES string of the molecule is CC(C)(C)OC(=O)C(c1cccc2c1C(C)(C)OCC2(C)C)N1CC(OCCCCCc2ccc3c(n2)NCCC3)C1. The number of esters is 1. The summed E-state index contributed by atoms with van der Waals surface area (Å²) in [6, 6.07) is 10.3. The van der Waals surface area contributed by atoms with E-state index in [1.165, 1.54) is 23.2 Å². The molecule has 1 aromatic carbocycles. The Balaban J connectivity index is 1.17. The van der Waals surface area contributed by atoms with E-state index >= 15 is 0 Å². The van der Waals surface area contributed by atoms with Gasteiger partial charge in [-0.1, -0.05) is 44.5 Å². The summed E-state index contributed by atoms with van der Waals surface area (Å²) in [5.74, 6) is 0.872. The summed E-state index contributed by atoms with van der Waals surface area (Å²) in [7, 11) is 0. The Kier molecular flexibility index (Phi) is 9.03. The molecule has 0 aliphatic carbocycles. The number of anilines is 1. The van der Waals surface area contributed by atoms with Crippen molar-refractivity contribution in [3.05, 3.63) is 58.3 Å². The number of rotatable bonds is 10. The van der Waals surface area contributed by atoms with Crippen molar-refractivity contribution < 1.29 is 19.0 Å². The zero-order valence-corrected chi connectivity index (χ0v) is 26.8. The zero-order chi connectivity index (χ0) is 30.1. The van der Waals surface area contributed by atoms with Gasteiger partial charge in [-0.15, -0.1) is 0 Å². The van der Waals surface area contributed by atoms with Gasteiger partial charge < -0.3 is 19.5 Å². The van der Waals surface area contributed by atoms with Crippen molar-refractivity contribution in [3.8, 4) is 0 Å². The van der Waals surface area contributed by atoms with Crippen LogP contribution in [0.5, 0.6) is 0 Å². The number of ether oxygens (including phenoxy) is 3. The second-order valence-electron chi connectivity index (χ2n) is 14.5. The molecule has 2 aromatic rings. The van der Waals surface area contributed by atoms with Gasteiger partial charge in [0.05, 0.1) is 18.3 Å². The molecule has 0 spiro atoms. The van der Waals surface area contributed by atoms with E-state index in [1.54, 1.807) is 0 Å². The highest BCUT2D eigenvalue weighted by molar-refractivity contribution is 5.79. The van der Waals surface area contributed by atoms with Gasteiger partial charge in [0, 0.05) is 37.4 Å². The molecule has 230 valence electrons. The van der Waals surface area contributed by atoms with Gasteiger partial charge in [-0.2, -0.15) is 0 Å². The molecular weight excluding hydrogens is 526 g/mol. The van der Waals surface area contributed by atoms with Gasteiger partial charge in [0.2, 0.25) is 0 Å². The van der Waals surface area contributed by atoms with Crippen molar-refractivity contribution in [1.29, 1.82) is 0 Å². The van der Waals surface area contributed by atoms with Crippen molar-refractivity contribution >= 4 is 11.8 Å². The second-order valence-corrected chi connectivity index (χ2v) is 14.5. The third-order valence-corrected chi connectivity index (χ3v) is 8.77. The number of aryl methyl sites for hydroxylation is 2. The Morgan fingerprint density at radius 3 is 2.67 bits per heavy atom. The fourth-order valence-corrected chi connectivity index (χ4v) is 6.50. The van der Waals surface area contributed by atoms with E-state index in [0.29, 0.717) is 19.7 Å². The first-order valence-corrected chi connectivity index (χ1v) is 15.9. The maximum atomic E-state index is 13.7. The van der Waals surface area contributed by atoms with Crippen molar-refractivity contribution in [2.24, 2.45) is 0 Å². The summed E-state index contributed by atoms with van der Waals surface area (Å²) in [5.41, 5.74) is 4.68. The molecule has 0 saturated carbocycles. The third kappa shape index (κ3) is 7.00. The van der Waals surface area contributed by atoms with Crippen LogP contribution < -0.4 is 5.32 Å². The number of hydrogen-bond acceptors (Lipinski definition) is 7. The molecule has 1 aromatic heterocycles. The van der Waals surface area contributed by atoms with Gasteiger partial charge in [0.25, 0.3) is 0 Å². The number of carbonyl (C=O) groups excluding carboxylic acids is 1. The molecule has 7 nitrogen and oxygen atoms in total. The molecule has 42 heavy (non-hydrogen) atoms. The van der Waals surface area contributed by atoms with Crippen molar-refractivity contribution in [2.45, 2.75) is 116 Å². The van der Waals surface area contributed by atoms with E-state index in [2.05, 4.69) is 68.2 Å². The molecule has 0 bridgehead atoms. The van der Waals surface area contributed by atoms with Crippen LogP contribution in [0.25, 0.3) is 0 Å². The number of aromatic nitrogens is 1. The van der Waals surface area contributed by atoms with Crippen LogP contribution >= 0.6 is 0 Å². The normalized spacial score (nSPS) is 20.5. The first-order valence-electron chi connectivity index (χ1n) is 15.9. The number of benzene rings is 1. The molecule has 5 rings (SSSR count). The number of carbonyl (C=O) groups is 1. The van der Waals surface area contributed by atoms with Crippen LogP contribution in [0.1, 0.15) is 108 Å². The monoisotopic (exact) mass is 577 g/mol. The molecule has 7 heteroatoms. The maximum absolute atomic E-state index is 13.7. The Bertz CT molecular complexity index is 1260. The molecule has 4 heterocycles. The number of hydrogen-bond donors (Lipinski definition) is 1. The Labute approximate surface area is 252 Å². The van der Waals surface area contributed by atoms with Gasteiger partial charge in [0.15, 0.2) is 0 Å². The number of pyridine rings is 1. The van der Waals surface area contributed by atoms with Crippen molar-refractivity contribution in [3.63, 3.8) is 0 Å². The molecule has 1 atom stereocenters. The van der Waals surface area contributed by atoms with Gasteiger partial charge in [-0.3, -0.25) is 4.90 Å².